The van der Waals surface area contributed by atoms with Gasteiger partial charge in [0, 0.05) is 12.1 Å². The number of rotatable bonds is 7. The van der Waals surface area contributed by atoms with Crippen molar-refractivity contribution in [1.29, 1.82) is 5.26 Å². The number of anilines is 2. The van der Waals surface area contributed by atoms with Crippen molar-refractivity contribution in [2.75, 3.05) is 5.32 Å². The summed E-state index contributed by atoms with van der Waals surface area (Å²) < 4.78 is 55.1. The Morgan fingerprint density at radius 1 is 1.11 bits per heavy atom. The number of benzene rings is 2. The number of nitrogens with zero attached hydrogens (tertiary/aromatic N) is 3. The molecule has 0 spiro atoms. The Labute approximate surface area is 153 Å². The lowest BCUT2D eigenvalue weighted by Gasteiger charge is -2.19. The number of hydrogen-bond donors (Lipinski definition) is 1. The van der Waals surface area contributed by atoms with Gasteiger partial charge in [0.25, 0.3) is 0 Å². The van der Waals surface area contributed by atoms with Gasteiger partial charge in [-0.2, -0.15) is 22.8 Å². The number of nitro groups is 2. The average Bonchev–Trinajstić information content (AvgIpc) is 2.62. The van der Waals surface area contributed by atoms with Crippen LogP contribution in [-0.4, -0.2) is 22.4 Å². The number of hydrogen-bond acceptors (Lipinski definition) is 7. The number of nitrogens with one attached hydrogen (secondary N) is 1. The van der Waals surface area contributed by atoms with Gasteiger partial charge in [-0.3, -0.25) is 20.2 Å². The summed E-state index contributed by atoms with van der Waals surface area (Å²) in [5.74, 6) is -0.833. The number of ether oxygens (including phenoxy) is 1. The standard InChI is InChI=1S/C15H8F4N4O5/c16-14(17)15(18,19)28-12-4-2-1-3-9(12)21-13-10(22(24)25)5-8(7-20)6-11(13)23(26)27/h1-6,14,21H. The van der Waals surface area contributed by atoms with Crippen LogP contribution in [-0.2, 0) is 0 Å². The first-order chi connectivity index (χ1) is 13.1. The lowest BCUT2D eigenvalue weighted by atomic mass is 10.1. The molecule has 2 aromatic carbocycles. The first-order valence-electron chi connectivity index (χ1n) is 7.14. The van der Waals surface area contributed by atoms with Crippen molar-refractivity contribution in [3.8, 4) is 11.8 Å². The van der Waals surface area contributed by atoms with Crippen LogP contribution in [0.25, 0.3) is 0 Å². The van der Waals surface area contributed by atoms with Crippen LogP contribution >= 0.6 is 0 Å². The van der Waals surface area contributed by atoms with Crippen molar-refractivity contribution >= 4 is 22.7 Å². The summed E-state index contributed by atoms with van der Waals surface area (Å²) in [4.78, 5) is 20.4. The summed E-state index contributed by atoms with van der Waals surface area (Å²) in [7, 11) is 0. The number of halogens is 4. The molecule has 0 aliphatic rings. The van der Waals surface area contributed by atoms with E-state index in [4.69, 9.17) is 5.26 Å². The molecule has 0 amide bonds. The molecule has 1 N–H and O–H groups in total. The van der Waals surface area contributed by atoms with E-state index in [1.165, 1.54) is 12.1 Å². The smallest absolute Gasteiger partial charge is 0.426 e. The molecule has 0 atom stereocenters. The molecule has 0 bridgehead atoms. The molecule has 0 unspecified atom stereocenters. The number of para-hydroxylation sites is 2. The molecular weight excluding hydrogens is 392 g/mol. The monoisotopic (exact) mass is 400 g/mol. The van der Waals surface area contributed by atoms with Crippen LogP contribution in [0.3, 0.4) is 0 Å². The van der Waals surface area contributed by atoms with Crippen molar-refractivity contribution in [3.05, 3.63) is 62.2 Å². The van der Waals surface area contributed by atoms with E-state index in [0.717, 1.165) is 30.3 Å². The molecule has 0 saturated carbocycles. The summed E-state index contributed by atoms with van der Waals surface area (Å²) in [6.07, 6.45) is -9.04. The van der Waals surface area contributed by atoms with Crippen molar-refractivity contribution in [2.24, 2.45) is 0 Å². The van der Waals surface area contributed by atoms with Crippen LogP contribution in [0.15, 0.2) is 36.4 Å². The van der Waals surface area contributed by atoms with E-state index in [0.29, 0.717) is 0 Å². The highest BCUT2D eigenvalue weighted by Crippen LogP contribution is 2.41. The minimum Gasteiger partial charge on any atom is -0.426 e. The van der Waals surface area contributed by atoms with Gasteiger partial charge in [-0.25, -0.2) is 0 Å². The highest BCUT2D eigenvalue weighted by atomic mass is 19.3. The Hall–Kier alpha value is -3.95. The van der Waals surface area contributed by atoms with Gasteiger partial charge in [0.05, 0.1) is 27.2 Å². The van der Waals surface area contributed by atoms with Gasteiger partial charge in [0.2, 0.25) is 0 Å². The second-order valence-electron chi connectivity index (χ2n) is 5.10. The third kappa shape index (κ3) is 4.23. The van der Waals surface area contributed by atoms with Gasteiger partial charge in [-0.1, -0.05) is 12.1 Å². The van der Waals surface area contributed by atoms with Gasteiger partial charge < -0.3 is 10.1 Å². The molecule has 146 valence electrons. The SMILES string of the molecule is N#Cc1cc([N+](=O)[O-])c(Nc2ccccc2OC(F)(F)C(F)F)c([N+](=O)[O-])c1. The second-order valence-corrected chi connectivity index (χ2v) is 5.10. The van der Waals surface area contributed by atoms with Crippen molar-refractivity contribution in [3.63, 3.8) is 0 Å². The van der Waals surface area contributed by atoms with E-state index in [2.05, 4.69) is 10.1 Å². The van der Waals surface area contributed by atoms with E-state index >= 15 is 0 Å². The molecule has 0 radical (unpaired) electrons. The quantitative estimate of drug-likeness (QED) is 0.415. The van der Waals surface area contributed by atoms with Gasteiger partial charge in [-0.05, 0) is 12.1 Å². The van der Waals surface area contributed by atoms with Crippen LogP contribution in [0.4, 0.5) is 40.3 Å². The van der Waals surface area contributed by atoms with E-state index in [-0.39, 0.29) is 0 Å². The zero-order chi connectivity index (χ0) is 21.1. The molecule has 0 aliphatic heterocycles. The van der Waals surface area contributed by atoms with E-state index < -0.39 is 56.4 Å². The fraction of sp³-hybridized carbons (Fsp3) is 0.133. The van der Waals surface area contributed by atoms with Crippen molar-refractivity contribution < 1.29 is 32.1 Å². The topological polar surface area (TPSA) is 131 Å². The predicted octanol–water partition coefficient (Wildman–Crippen LogP) is 4.35. The lowest BCUT2D eigenvalue weighted by Crippen LogP contribution is -2.33. The predicted molar refractivity (Wildman–Crippen MR) is 85.8 cm³/mol. The molecule has 9 nitrogen and oxygen atoms in total. The van der Waals surface area contributed by atoms with Gasteiger partial charge in [-0.15, -0.1) is 0 Å². The van der Waals surface area contributed by atoms with Crippen molar-refractivity contribution in [1.82, 2.24) is 0 Å². The average molecular weight is 400 g/mol. The Bertz CT molecular complexity index is 942. The fourth-order valence-electron chi connectivity index (χ4n) is 2.08. The largest absolute Gasteiger partial charge is 0.461 e. The minimum absolute atomic E-state index is 0.391. The summed E-state index contributed by atoms with van der Waals surface area (Å²) >= 11 is 0. The second kappa shape index (κ2) is 7.74. The first kappa shape index (κ1) is 20.4. The van der Waals surface area contributed by atoms with Crippen LogP contribution in [0, 0.1) is 31.6 Å². The normalized spacial score (nSPS) is 11.0. The molecule has 0 heterocycles. The molecule has 28 heavy (non-hydrogen) atoms. The van der Waals surface area contributed by atoms with Gasteiger partial charge in [0.1, 0.15) is 5.75 Å². The lowest BCUT2D eigenvalue weighted by molar-refractivity contribution is -0.392. The molecule has 0 saturated heterocycles. The number of nitriles is 1. The fourth-order valence-corrected chi connectivity index (χ4v) is 2.08. The van der Waals surface area contributed by atoms with E-state index in [9.17, 15) is 37.8 Å². The number of alkyl halides is 4. The van der Waals surface area contributed by atoms with E-state index in [1.54, 1.807) is 0 Å². The molecule has 0 aromatic heterocycles. The maximum Gasteiger partial charge on any atom is 0.461 e. The maximum absolute atomic E-state index is 13.2. The molecule has 0 fully saturated rings. The van der Waals surface area contributed by atoms with Crippen LogP contribution in [0.1, 0.15) is 5.56 Å². The molecule has 2 rings (SSSR count). The zero-order valence-corrected chi connectivity index (χ0v) is 13.4. The van der Waals surface area contributed by atoms with Crippen LogP contribution in [0.5, 0.6) is 5.75 Å². The Morgan fingerprint density at radius 3 is 2.11 bits per heavy atom. The zero-order valence-electron chi connectivity index (χ0n) is 13.4. The third-order valence-electron chi connectivity index (χ3n) is 3.27. The van der Waals surface area contributed by atoms with Gasteiger partial charge in [0.15, 0.2) is 5.69 Å². The molecule has 13 heteroatoms. The minimum atomic E-state index is -4.87. The highest BCUT2D eigenvalue weighted by molar-refractivity contribution is 5.82. The molecule has 0 aliphatic carbocycles. The Morgan fingerprint density at radius 2 is 1.64 bits per heavy atom. The summed E-state index contributed by atoms with van der Waals surface area (Å²) in [5, 5.41) is 33.5. The van der Waals surface area contributed by atoms with Gasteiger partial charge >= 0.3 is 23.9 Å². The highest BCUT2D eigenvalue weighted by Gasteiger charge is 2.44. The maximum atomic E-state index is 13.2. The summed E-state index contributed by atoms with van der Waals surface area (Å²) in [5.41, 5.74) is -3.41. The van der Waals surface area contributed by atoms with Crippen molar-refractivity contribution in [2.45, 2.75) is 12.5 Å². The number of nitro benzene ring substituents is 2. The first-order valence-corrected chi connectivity index (χ1v) is 7.14. The Balaban J connectivity index is 2.59. The molecular formula is C15H8F4N4O5. The summed E-state index contributed by atoms with van der Waals surface area (Å²) in [6, 6.07) is 7.27. The summed E-state index contributed by atoms with van der Waals surface area (Å²) in [6.45, 7) is 0. The van der Waals surface area contributed by atoms with E-state index in [1.807, 2.05) is 0 Å². The molecule has 2 aromatic rings. The Kier molecular flexibility index (Phi) is 5.63. The van der Waals surface area contributed by atoms with Crippen LogP contribution < -0.4 is 10.1 Å². The third-order valence-corrected chi connectivity index (χ3v) is 3.27. The van der Waals surface area contributed by atoms with Crippen LogP contribution in [0.2, 0.25) is 0 Å².